The van der Waals surface area contributed by atoms with Crippen LogP contribution in [0.25, 0.3) is 0 Å². The van der Waals surface area contributed by atoms with E-state index in [1.807, 2.05) is 18.8 Å². The summed E-state index contributed by atoms with van der Waals surface area (Å²) in [5, 5.41) is 3.17. The van der Waals surface area contributed by atoms with E-state index in [2.05, 4.69) is 29.6 Å². The SMILES string of the molecule is CNCCc1cccc(OC2CCCSC2)c1. The zero-order valence-electron chi connectivity index (χ0n) is 10.4. The predicted octanol–water partition coefficient (Wildman–Crippen LogP) is 2.72. The van der Waals surface area contributed by atoms with Crippen LogP contribution in [0.2, 0.25) is 0 Å². The average Bonchev–Trinajstić information content (AvgIpc) is 2.38. The van der Waals surface area contributed by atoms with Gasteiger partial charge in [-0.2, -0.15) is 11.8 Å². The maximum absolute atomic E-state index is 6.03. The van der Waals surface area contributed by atoms with E-state index in [9.17, 15) is 0 Å². The Morgan fingerprint density at radius 3 is 3.18 bits per heavy atom. The van der Waals surface area contributed by atoms with E-state index in [0.717, 1.165) is 24.5 Å². The van der Waals surface area contributed by atoms with Gasteiger partial charge in [-0.25, -0.2) is 0 Å². The van der Waals surface area contributed by atoms with Gasteiger partial charge < -0.3 is 10.1 Å². The number of ether oxygens (including phenoxy) is 1. The lowest BCUT2D eigenvalue weighted by molar-refractivity contribution is 0.211. The number of rotatable bonds is 5. The number of nitrogens with one attached hydrogen (secondary N) is 1. The minimum Gasteiger partial charge on any atom is -0.490 e. The fraction of sp³-hybridized carbons (Fsp3) is 0.571. The first-order valence-electron chi connectivity index (χ1n) is 6.36. The molecule has 1 aromatic rings. The largest absolute Gasteiger partial charge is 0.490 e. The second-order valence-electron chi connectivity index (χ2n) is 4.46. The fourth-order valence-corrected chi connectivity index (χ4v) is 3.08. The Morgan fingerprint density at radius 2 is 2.41 bits per heavy atom. The van der Waals surface area contributed by atoms with Crippen molar-refractivity contribution >= 4 is 11.8 Å². The number of thioether (sulfide) groups is 1. The number of hydrogen-bond acceptors (Lipinski definition) is 3. The Kier molecular flexibility index (Phi) is 5.20. The van der Waals surface area contributed by atoms with Crippen LogP contribution in [0.4, 0.5) is 0 Å². The van der Waals surface area contributed by atoms with Crippen LogP contribution < -0.4 is 10.1 Å². The maximum atomic E-state index is 6.03. The summed E-state index contributed by atoms with van der Waals surface area (Å²) < 4.78 is 6.03. The van der Waals surface area contributed by atoms with Crippen LogP contribution in [0.5, 0.6) is 5.75 Å². The molecule has 1 fully saturated rings. The number of hydrogen-bond donors (Lipinski definition) is 1. The van der Waals surface area contributed by atoms with Crippen molar-refractivity contribution in [2.24, 2.45) is 0 Å². The normalized spacial score (nSPS) is 20.2. The molecule has 17 heavy (non-hydrogen) atoms. The summed E-state index contributed by atoms with van der Waals surface area (Å²) in [5.74, 6) is 3.47. The van der Waals surface area contributed by atoms with E-state index in [1.165, 1.54) is 24.2 Å². The molecule has 1 saturated heterocycles. The zero-order chi connectivity index (χ0) is 11.9. The molecule has 2 rings (SSSR count). The third-order valence-electron chi connectivity index (χ3n) is 2.98. The lowest BCUT2D eigenvalue weighted by atomic mass is 10.1. The van der Waals surface area contributed by atoms with Crippen LogP contribution in [-0.4, -0.2) is 31.2 Å². The molecular formula is C14H21NOS. The second-order valence-corrected chi connectivity index (χ2v) is 5.61. The van der Waals surface area contributed by atoms with Gasteiger partial charge in [-0.15, -0.1) is 0 Å². The van der Waals surface area contributed by atoms with E-state index in [4.69, 9.17) is 4.74 Å². The zero-order valence-corrected chi connectivity index (χ0v) is 11.3. The quantitative estimate of drug-likeness (QED) is 0.869. The topological polar surface area (TPSA) is 21.3 Å². The summed E-state index contributed by atoms with van der Waals surface area (Å²) >= 11 is 2.01. The number of benzene rings is 1. The molecule has 1 aliphatic heterocycles. The molecule has 0 saturated carbocycles. The van der Waals surface area contributed by atoms with Crippen molar-refractivity contribution in [2.45, 2.75) is 25.4 Å². The van der Waals surface area contributed by atoms with Gasteiger partial charge in [0.15, 0.2) is 0 Å². The van der Waals surface area contributed by atoms with Crippen LogP contribution in [0.15, 0.2) is 24.3 Å². The highest BCUT2D eigenvalue weighted by molar-refractivity contribution is 7.99. The molecule has 0 spiro atoms. The van der Waals surface area contributed by atoms with Crippen molar-refractivity contribution in [2.75, 3.05) is 25.1 Å². The molecule has 94 valence electrons. The standard InChI is InChI=1S/C14H21NOS/c1-15-8-7-12-4-2-5-13(10-12)16-14-6-3-9-17-11-14/h2,4-5,10,14-15H,3,6-9,11H2,1H3. The fourth-order valence-electron chi connectivity index (χ4n) is 2.04. The smallest absolute Gasteiger partial charge is 0.120 e. The van der Waals surface area contributed by atoms with Crippen LogP contribution >= 0.6 is 11.8 Å². The maximum Gasteiger partial charge on any atom is 0.120 e. The third-order valence-corrected chi connectivity index (χ3v) is 4.17. The highest BCUT2D eigenvalue weighted by Gasteiger charge is 2.15. The first-order chi connectivity index (χ1) is 8.38. The predicted molar refractivity (Wildman–Crippen MR) is 75.0 cm³/mol. The van der Waals surface area contributed by atoms with Gasteiger partial charge in [0.2, 0.25) is 0 Å². The van der Waals surface area contributed by atoms with E-state index in [1.54, 1.807) is 0 Å². The lowest BCUT2D eigenvalue weighted by Gasteiger charge is -2.22. The molecule has 3 heteroatoms. The summed E-state index contributed by atoms with van der Waals surface area (Å²) in [6, 6.07) is 8.51. The summed E-state index contributed by atoms with van der Waals surface area (Å²) in [7, 11) is 1.99. The molecule has 1 heterocycles. The minimum absolute atomic E-state index is 0.410. The van der Waals surface area contributed by atoms with Crippen LogP contribution in [0.1, 0.15) is 18.4 Å². The average molecular weight is 251 g/mol. The molecule has 0 radical (unpaired) electrons. The Bertz CT molecular complexity index is 337. The summed E-state index contributed by atoms with van der Waals surface area (Å²) in [4.78, 5) is 0. The van der Waals surface area contributed by atoms with Crippen molar-refractivity contribution in [3.63, 3.8) is 0 Å². The van der Waals surface area contributed by atoms with Crippen LogP contribution in [0, 0.1) is 0 Å². The first-order valence-corrected chi connectivity index (χ1v) is 7.52. The van der Waals surface area contributed by atoms with Gasteiger partial charge >= 0.3 is 0 Å². The molecule has 2 nitrogen and oxygen atoms in total. The Balaban J connectivity index is 1.90. The van der Waals surface area contributed by atoms with Gasteiger partial charge in [0.1, 0.15) is 11.9 Å². The monoisotopic (exact) mass is 251 g/mol. The van der Waals surface area contributed by atoms with Crippen molar-refractivity contribution in [3.8, 4) is 5.75 Å². The Hall–Kier alpha value is -0.670. The van der Waals surface area contributed by atoms with Crippen molar-refractivity contribution in [3.05, 3.63) is 29.8 Å². The molecule has 1 aromatic carbocycles. The summed E-state index contributed by atoms with van der Waals surface area (Å²) in [6.07, 6.45) is 3.96. The van der Waals surface area contributed by atoms with E-state index >= 15 is 0 Å². The molecular weight excluding hydrogens is 230 g/mol. The number of likely N-dealkylation sites (N-methyl/N-ethyl adjacent to an activating group) is 1. The molecule has 1 N–H and O–H groups in total. The second kappa shape index (κ2) is 6.92. The molecule has 0 aromatic heterocycles. The molecule has 0 amide bonds. The molecule has 1 aliphatic rings. The molecule has 0 aliphatic carbocycles. The van der Waals surface area contributed by atoms with E-state index < -0.39 is 0 Å². The highest BCUT2D eigenvalue weighted by Crippen LogP contribution is 2.23. The molecule has 1 unspecified atom stereocenters. The van der Waals surface area contributed by atoms with Gasteiger partial charge in [0.05, 0.1) is 0 Å². The Morgan fingerprint density at radius 1 is 1.47 bits per heavy atom. The van der Waals surface area contributed by atoms with Crippen molar-refractivity contribution in [1.82, 2.24) is 5.32 Å². The van der Waals surface area contributed by atoms with Gasteiger partial charge in [0, 0.05) is 5.75 Å². The van der Waals surface area contributed by atoms with Crippen molar-refractivity contribution < 1.29 is 4.74 Å². The van der Waals surface area contributed by atoms with Crippen LogP contribution in [-0.2, 0) is 6.42 Å². The Labute approximate surface area is 108 Å². The third kappa shape index (κ3) is 4.25. The van der Waals surface area contributed by atoms with Gasteiger partial charge in [-0.05, 0) is 56.3 Å². The van der Waals surface area contributed by atoms with E-state index in [0.29, 0.717) is 6.10 Å². The summed E-state index contributed by atoms with van der Waals surface area (Å²) in [6.45, 7) is 1.02. The highest BCUT2D eigenvalue weighted by atomic mass is 32.2. The van der Waals surface area contributed by atoms with Crippen LogP contribution in [0.3, 0.4) is 0 Å². The first kappa shape index (κ1) is 12.8. The van der Waals surface area contributed by atoms with Gasteiger partial charge in [-0.3, -0.25) is 0 Å². The lowest BCUT2D eigenvalue weighted by Crippen LogP contribution is -2.23. The van der Waals surface area contributed by atoms with E-state index in [-0.39, 0.29) is 0 Å². The minimum atomic E-state index is 0.410. The van der Waals surface area contributed by atoms with Gasteiger partial charge in [0.25, 0.3) is 0 Å². The van der Waals surface area contributed by atoms with Crippen molar-refractivity contribution in [1.29, 1.82) is 0 Å². The molecule has 1 atom stereocenters. The molecule has 0 bridgehead atoms. The summed E-state index contributed by atoms with van der Waals surface area (Å²) in [5.41, 5.74) is 1.35. The van der Waals surface area contributed by atoms with Gasteiger partial charge in [-0.1, -0.05) is 12.1 Å².